The van der Waals surface area contributed by atoms with Crippen molar-refractivity contribution in [2.75, 3.05) is 0 Å². The number of hydrogen-bond acceptors (Lipinski definition) is 4. The average Bonchev–Trinajstić information content (AvgIpc) is 3.46. The monoisotopic (exact) mass is 756 g/mol. The molecule has 1 fully saturated rings. The Labute approximate surface area is 331 Å². The Morgan fingerprint density at radius 3 is 1.76 bits per heavy atom. The van der Waals surface area contributed by atoms with Crippen LogP contribution >= 0.6 is 23.2 Å². The van der Waals surface area contributed by atoms with E-state index in [9.17, 15) is 0 Å². The van der Waals surface area contributed by atoms with Crippen LogP contribution in [0.25, 0.3) is 66.3 Å². The number of rotatable bonds is 7. The zero-order valence-corrected chi connectivity index (χ0v) is 32.2. The lowest BCUT2D eigenvalue weighted by Gasteiger charge is -2.35. The van der Waals surface area contributed by atoms with Gasteiger partial charge in [0.15, 0.2) is 0 Å². The standard InChI is InChI=1S/C47H37BCl2N3O2/c1-46(2)47(3,55-48(54-46)36-25-23-33(24-26-36)38-22-12-16-32-15-7-8-19-37(32)38)30-53-44(49)51-43(52-45(53)50)35-18-11-17-34(29-35)40-28-27-39(31-13-5-4-6-14-31)41-20-9-10-21-42(40)41/h4-29H,30H2,1-3H3/q+1. The quantitative estimate of drug-likeness (QED) is 0.120. The van der Waals surface area contributed by atoms with E-state index in [1.165, 1.54) is 32.8 Å². The summed E-state index contributed by atoms with van der Waals surface area (Å²) < 4.78 is 15.0. The summed E-state index contributed by atoms with van der Waals surface area (Å²) in [5, 5.41) is 5.20. The van der Waals surface area contributed by atoms with E-state index in [4.69, 9.17) is 42.5 Å². The predicted molar refractivity (Wildman–Crippen MR) is 225 cm³/mol. The van der Waals surface area contributed by atoms with E-state index in [2.05, 4.69) is 140 Å². The summed E-state index contributed by atoms with van der Waals surface area (Å²) >= 11 is 13.9. The lowest BCUT2D eigenvalue weighted by molar-refractivity contribution is -0.711. The number of nitrogens with zero attached hydrogens (tertiary/aromatic N) is 3. The molecule has 1 saturated heterocycles. The zero-order valence-electron chi connectivity index (χ0n) is 30.7. The van der Waals surface area contributed by atoms with E-state index in [0.717, 1.165) is 33.1 Å². The second-order valence-electron chi connectivity index (χ2n) is 14.8. The smallest absolute Gasteiger partial charge is 0.399 e. The van der Waals surface area contributed by atoms with Crippen LogP contribution in [-0.4, -0.2) is 28.3 Å². The molecule has 0 amide bonds. The Hall–Kier alpha value is -5.37. The predicted octanol–water partition coefficient (Wildman–Crippen LogP) is 11.0. The third-order valence-corrected chi connectivity index (χ3v) is 11.6. The number of benzene rings is 7. The molecule has 0 saturated carbocycles. The molecule has 0 spiro atoms. The van der Waals surface area contributed by atoms with Crippen LogP contribution in [0.2, 0.25) is 10.6 Å². The van der Waals surface area contributed by atoms with Crippen molar-refractivity contribution in [3.63, 3.8) is 0 Å². The molecule has 1 aliphatic rings. The average molecular weight is 758 g/mol. The molecule has 0 radical (unpaired) electrons. The highest BCUT2D eigenvalue weighted by molar-refractivity contribution is 6.62. The molecular formula is C47H37BCl2N3O2+. The van der Waals surface area contributed by atoms with Crippen molar-refractivity contribution < 1.29 is 13.9 Å². The van der Waals surface area contributed by atoms with E-state index in [1.54, 1.807) is 4.57 Å². The highest BCUT2D eigenvalue weighted by Crippen LogP contribution is 2.39. The third kappa shape index (κ3) is 6.49. The number of halogens is 2. The highest BCUT2D eigenvalue weighted by Gasteiger charge is 2.56. The summed E-state index contributed by atoms with van der Waals surface area (Å²) in [5.41, 5.74) is 7.08. The van der Waals surface area contributed by atoms with Gasteiger partial charge in [0.2, 0.25) is 0 Å². The van der Waals surface area contributed by atoms with Gasteiger partial charge in [0.1, 0.15) is 12.1 Å². The first kappa shape index (κ1) is 35.3. The molecule has 8 aromatic rings. The molecule has 5 nitrogen and oxygen atoms in total. The van der Waals surface area contributed by atoms with Crippen LogP contribution in [0.4, 0.5) is 0 Å². The van der Waals surface area contributed by atoms with Gasteiger partial charge in [-0.3, -0.25) is 0 Å². The van der Waals surface area contributed by atoms with Gasteiger partial charge >= 0.3 is 23.5 Å². The van der Waals surface area contributed by atoms with E-state index in [0.29, 0.717) is 5.82 Å². The molecule has 268 valence electrons. The summed E-state index contributed by atoms with van der Waals surface area (Å²) in [6, 6.07) is 54.7. The molecule has 1 aliphatic heterocycles. The molecule has 55 heavy (non-hydrogen) atoms. The van der Waals surface area contributed by atoms with Gasteiger partial charge in [0.05, 0.1) is 11.2 Å². The van der Waals surface area contributed by atoms with Gasteiger partial charge in [-0.05, 0) is 116 Å². The van der Waals surface area contributed by atoms with Crippen LogP contribution in [0.1, 0.15) is 20.8 Å². The maximum absolute atomic E-state index is 6.93. The van der Waals surface area contributed by atoms with Crippen LogP contribution in [0.3, 0.4) is 0 Å². The van der Waals surface area contributed by atoms with Gasteiger partial charge in [0, 0.05) is 0 Å². The largest absolute Gasteiger partial charge is 0.494 e. The second-order valence-corrected chi connectivity index (χ2v) is 15.5. The van der Waals surface area contributed by atoms with Crippen LogP contribution in [0, 0.1) is 0 Å². The SMILES string of the molecule is CC1(C)OB(c2ccc(-c3cccc4ccccc34)cc2)OC1(C)C[n+]1c(Cl)nc(-c2cccc(-c3ccc(-c4ccccc4)c4ccccc34)c2)nc1Cl. The maximum Gasteiger partial charge on any atom is 0.494 e. The van der Waals surface area contributed by atoms with E-state index in [-0.39, 0.29) is 17.1 Å². The minimum atomic E-state index is -0.818. The van der Waals surface area contributed by atoms with E-state index < -0.39 is 18.3 Å². The Morgan fingerprint density at radius 1 is 0.527 bits per heavy atom. The van der Waals surface area contributed by atoms with E-state index in [1.807, 2.05) is 39.0 Å². The fraction of sp³-hybridized carbons (Fsp3) is 0.128. The fourth-order valence-electron chi connectivity index (χ4n) is 7.66. The van der Waals surface area contributed by atoms with Crippen molar-refractivity contribution in [3.05, 3.63) is 168 Å². The number of fused-ring (bicyclic) bond motifs is 2. The van der Waals surface area contributed by atoms with Gasteiger partial charge in [-0.1, -0.05) is 156 Å². The van der Waals surface area contributed by atoms with Crippen LogP contribution in [-0.2, 0) is 15.9 Å². The topological polar surface area (TPSA) is 48.1 Å². The first-order valence-corrected chi connectivity index (χ1v) is 19.2. The summed E-state index contributed by atoms with van der Waals surface area (Å²) in [4.78, 5) is 9.50. The molecule has 1 aromatic heterocycles. The van der Waals surface area contributed by atoms with Crippen molar-refractivity contribution in [1.29, 1.82) is 0 Å². The van der Waals surface area contributed by atoms with E-state index >= 15 is 0 Å². The molecule has 9 rings (SSSR count). The van der Waals surface area contributed by atoms with Gasteiger partial charge in [-0.15, -0.1) is 0 Å². The lowest BCUT2D eigenvalue weighted by Crippen LogP contribution is -2.57. The van der Waals surface area contributed by atoms with Crippen molar-refractivity contribution in [2.45, 2.75) is 38.5 Å². The second kappa shape index (κ2) is 14.0. The van der Waals surface area contributed by atoms with Gasteiger partial charge in [-0.2, -0.15) is 0 Å². The summed E-state index contributed by atoms with van der Waals surface area (Å²) in [6.45, 7) is 6.34. The number of hydrogen-bond donors (Lipinski definition) is 0. The highest BCUT2D eigenvalue weighted by atomic mass is 35.5. The van der Waals surface area contributed by atoms with Crippen LogP contribution in [0.15, 0.2) is 158 Å². The molecule has 1 atom stereocenters. The molecule has 7 aromatic carbocycles. The lowest BCUT2D eigenvalue weighted by atomic mass is 9.78. The molecule has 1 unspecified atom stereocenters. The van der Waals surface area contributed by atoms with Gasteiger partial charge in [0.25, 0.3) is 0 Å². The summed E-state index contributed by atoms with van der Waals surface area (Å²) in [6.07, 6.45) is 0. The Balaban J connectivity index is 0.975. The van der Waals surface area contributed by atoms with Gasteiger partial charge in [-0.25, -0.2) is 4.57 Å². The number of aromatic nitrogens is 3. The Morgan fingerprint density at radius 2 is 1.05 bits per heavy atom. The summed E-state index contributed by atoms with van der Waals surface area (Å²) in [5.74, 6) is 0.440. The normalized spacial score (nSPS) is 16.6. The molecule has 2 heterocycles. The maximum atomic E-state index is 6.93. The Bertz CT molecular complexity index is 2700. The van der Waals surface area contributed by atoms with Crippen LogP contribution in [0.5, 0.6) is 0 Å². The molecule has 0 bridgehead atoms. The molecule has 0 aliphatic carbocycles. The molecule has 0 N–H and O–H groups in total. The zero-order chi connectivity index (χ0) is 37.7. The fourth-order valence-corrected chi connectivity index (χ4v) is 8.14. The first-order valence-electron chi connectivity index (χ1n) is 18.4. The minimum Gasteiger partial charge on any atom is -0.399 e. The molecular weight excluding hydrogens is 720 g/mol. The van der Waals surface area contributed by atoms with Crippen molar-refractivity contribution >= 4 is 57.3 Å². The minimum absolute atomic E-state index is 0.210. The van der Waals surface area contributed by atoms with Crippen molar-refractivity contribution in [3.8, 4) is 44.8 Å². The summed E-state index contributed by atoms with van der Waals surface area (Å²) in [7, 11) is -0.583. The molecule has 8 heteroatoms. The third-order valence-electron chi connectivity index (χ3n) is 11.1. The Kier molecular flexibility index (Phi) is 9.03. The van der Waals surface area contributed by atoms with Crippen LogP contribution < -0.4 is 10.0 Å². The van der Waals surface area contributed by atoms with Crippen molar-refractivity contribution in [1.82, 2.24) is 9.97 Å². The first-order chi connectivity index (χ1) is 26.7. The van der Waals surface area contributed by atoms with Gasteiger partial charge < -0.3 is 9.31 Å². The van der Waals surface area contributed by atoms with Crippen molar-refractivity contribution in [2.24, 2.45) is 0 Å².